The maximum atomic E-state index is 12.4. The summed E-state index contributed by atoms with van der Waals surface area (Å²) in [5.74, 6) is 1.68. The van der Waals surface area contributed by atoms with Crippen LogP contribution in [0.15, 0.2) is 24.3 Å². The van der Waals surface area contributed by atoms with Gasteiger partial charge >= 0.3 is 5.97 Å². The Hall–Kier alpha value is -1.97. The van der Waals surface area contributed by atoms with Crippen LogP contribution in [0.2, 0.25) is 0 Å². The number of ether oxygens (including phenoxy) is 3. The van der Waals surface area contributed by atoms with Crippen LogP contribution in [-0.4, -0.2) is 18.9 Å². The van der Waals surface area contributed by atoms with Crippen molar-refractivity contribution in [1.29, 1.82) is 0 Å². The fraction of sp³-hybridized carbons (Fsp3) is 0.571. The van der Waals surface area contributed by atoms with Gasteiger partial charge in [0.15, 0.2) is 11.5 Å². The van der Waals surface area contributed by atoms with E-state index in [1.165, 1.54) is 6.08 Å². The van der Waals surface area contributed by atoms with Gasteiger partial charge in [-0.2, -0.15) is 0 Å². The van der Waals surface area contributed by atoms with E-state index in [-0.39, 0.29) is 29.7 Å². The average Bonchev–Trinajstić information content (AvgIpc) is 3.11. The number of rotatable bonds is 4. The van der Waals surface area contributed by atoms with E-state index in [1.807, 2.05) is 18.2 Å². The Balaban J connectivity index is 1.68. The van der Waals surface area contributed by atoms with E-state index >= 15 is 0 Å². The number of hydrogen-bond donors (Lipinski definition) is 0. The van der Waals surface area contributed by atoms with Crippen molar-refractivity contribution in [2.24, 2.45) is 16.7 Å². The first kappa shape index (κ1) is 17.8. The molecule has 136 valence electrons. The predicted octanol–water partition coefficient (Wildman–Crippen LogP) is 4.82. The molecule has 0 aromatic heterocycles. The second-order valence-corrected chi connectivity index (χ2v) is 8.00. The molecule has 0 radical (unpaired) electrons. The zero-order valence-corrected chi connectivity index (χ0v) is 15.8. The number of fused-ring (bicyclic) bond motifs is 1. The second-order valence-electron chi connectivity index (χ2n) is 8.00. The van der Waals surface area contributed by atoms with E-state index in [0.29, 0.717) is 11.7 Å². The summed E-state index contributed by atoms with van der Waals surface area (Å²) in [6, 6.07) is 5.61. The monoisotopic (exact) mass is 344 g/mol. The molecule has 4 nitrogen and oxygen atoms in total. The summed E-state index contributed by atoms with van der Waals surface area (Å²) < 4.78 is 16.5. The van der Waals surface area contributed by atoms with Crippen molar-refractivity contribution in [3.05, 3.63) is 29.8 Å². The molecule has 0 bridgehead atoms. The van der Waals surface area contributed by atoms with E-state index < -0.39 is 0 Å². The van der Waals surface area contributed by atoms with Gasteiger partial charge in [0, 0.05) is 11.5 Å². The van der Waals surface area contributed by atoms with Gasteiger partial charge in [-0.1, -0.05) is 40.7 Å². The molecule has 3 atom stereocenters. The number of hydrogen-bond acceptors (Lipinski definition) is 4. The van der Waals surface area contributed by atoms with Crippen molar-refractivity contribution in [3.8, 4) is 11.5 Å². The van der Waals surface area contributed by atoms with E-state index in [4.69, 9.17) is 14.2 Å². The zero-order chi connectivity index (χ0) is 18.2. The Bertz CT molecular complexity index is 691. The van der Waals surface area contributed by atoms with Gasteiger partial charge in [0.2, 0.25) is 6.79 Å². The molecule has 1 saturated carbocycles. The third-order valence-electron chi connectivity index (χ3n) is 6.78. The first-order chi connectivity index (χ1) is 11.8. The normalized spacial score (nSPS) is 30.0. The summed E-state index contributed by atoms with van der Waals surface area (Å²) in [5.41, 5.74) is 1.03. The molecule has 4 heteroatoms. The van der Waals surface area contributed by atoms with Crippen LogP contribution in [0.3, 0.4) is 0 Å². The summed E-state index contributed by atoms with van der Waals surface area (Å²) in [4.78, 5) is 12.4. The minimum atomic E-state index is -0.285. The van der Waals surface area contributed by atoms with Crippen LogP contribution in [-0.2, 0) is 9.53 Å². The highest BCUT2D eigenvalue weighted by Gasteiger charge is 2.56. The Morgan fingerprint density at radius 1 is 1.28 bits per heavy atom. The van der Waals surface area contributed by atoms with Gasteiger partial charge in [-0.25, -0.2) is 4.79 Å². The molecule has 0 amide bonds. The number of carbonyl (C=O) groups excluding carboxylic acids is 1. The van der Waals surface area contributed by atoms with Gasteiger partial charge in [-0.3, -0.25) is 0 Å². The Morgan fingerprint density at radius 2 is 2.00 bits per heavy atom. The molecular formula is C21H28O4. The summed E-state index contributed by atoms with van der Waals surface area (Å²) in [5, 5.41) is 0. The van der Waals surface area contributed by atoms with Crippen LogP contribution in [0.25, 0.3) is 6.08 Å². The summed E-state index contributed by atoms with van der Waals surface area (Å²) in [6.45, 7) is 11.5. The Labute approximate surface area is 150 Å². The number of benzene rings is 1. The molecule has 3 unspecified atom stereocenters. The van der Waals surface area contributed by atoms with Gasteiger partial charge in [0.05, 0.1) is 0 Å². The Morgan fingerprint density at radius 3 is 2.72 bits per heavy atom. The standard InChI is InChI=1S/C21H28O4/c1-6-21(5)18(11-14(2)20(21,3)4)25-19(22)10-8-15-7-9-16-17(12-15)24-13-23-16/h7-10,12,14,18H,6,11,13H2,1-5H3. The highest BCUT2D eigenvalue weighted by Crippen LogP contribution is 2.58. The summed E-state index contributed by atoms with van der Waals surface area (Å²) >= 11 is 0. The average molecular weight is 344 g/mol. The number of carbonyl (C=O) groups is 1. The topological polar surface area (TPSA) is 44.8 Å². The molecule has 0 N–H and O–H groups in total. The van der Waals surface area contributed by atoms with Crippen LogP contribution < -0.4 is 9.47 Å². The highest BCUT2D eigenvalue weighted by atomic mass is 16.7. The molecule has 0 saturated heterocycles. The highest BCUT2D eigenvalue weighted by molar-refractivity contribution is 5.87. The molecule has 1 aromatic carbocycles. The van der Waals surface area contributed by atoms with Gasteiger partial charge in [0.1, 0.15) is 6.10 Å². The molecule has 3 rings (SSSR count). The molecule has 1 fully saturated rings. The minimum absolute atomic E-state index is 0.00529. The third kappa shape index (κ3) is 3.03. The maximum Gasteiger partial charge on any atom is 0.331 e. The molecule has 0 spiro atoms. The molecule has 1 aliphatic carbocycles. The summed E-state index contributed by atoms with van der Waals surface area (Å²) in [7, 11) is 0. The summed E-state index contributed by atoms with van der Waals surface area (Å²) in [6.07, 6.45) is 5.13. The lowest BCUT2D eigenvalue weighted by Gasteiger charge is -2.42. The van der Waals surface area contributed by atoms with Crippen molar-refractivity contribution in [2.75, 3.05) is 6.79 Å². The largest absolute Gasteiger partial charge is 0.459 e. The van der Waals surface area contributed by atoms with E-state index in [2.05, 4.69) is 34.6 Å². The van der Waals surface area contributed by atoms with Crippen LogP contribution in [0.1, 0.15) is 53.0 Å². The number of esters is 1. The van der Waals surface area contributed by atoms with Crippen molar-refractivity contribution in [2.45, 2.75) is 53.6 Å². The van der Waals surface area contributed by atoms with Crippen LogP contribution >= 0.6 is 0 Å². The molecule has 2 aliphatic rings. The van der Waals surface area contributed by atoms with E-state index in [9.17, 15) is 4.79 Å². The zero-order valence-electron chi connectivity index (χ0n) is 15.8. The van der Waals surface area contributed by atoms with Gasteiger partial charge < -0.3 is 14.2 Å². The quantitative estimate of drug-likeness (QED) is 0.580. The molecule has 1 aromatic rings. The first-order valence-corrected chi connectivity index (χ1v) is 9.06. The van der Waals surface area contributed by atoms with E-state index in [1.54, 1.807) is 6.08 Å². The van der Waals surface area contributed by atoms with Crippen LogP contribution in [0, 0.1) is 16.7 Å². The fourth-order valence-corrected chi connectivity index (χ4v) is 4.08. The Kier molecular flexibility index (Phi) is 4.56. The van der Waals surface area contributed by atoms with Gasteiger partial charge in [-0.15, -0.1) is 0 Å². The second kappa shape index (κ2) is 6.40. The third-order valence-corrected chi connectivity index (χ3v) is 6.78. The lowest BCUT2D eigenvalue weighted by atomic mass is 9.64. The molecule has 25 heavy (non-hydrogen) atoms. The fourth-order valence-electron chi connectivity index (χ4n) is 4.08. The SMILES string of the molecule is CCC1(C)C(OC(=O)C=Cc2ccc3c(c2)OCO3)CC(C)C1(C)C. The molecular weight excluding hydrogens is 316 g/mol. The van der Waals surface area contributed by atoms with Crippen molar-refractivity contribution < 1.29 is 19.0 Å². The lowest BCUT2D eigenvalue weighted by molar-refractivity contribution is -0.150. The van der Waals surface area contributed by atoms with Gasteiger partial charge in [-0.05, 0) is 47.9 Å². The minimum Gasteiger partial charge on any atom is -0.459 e. The maximum absolute atomic E-state index is 12.4. The molecule has 1 aliphatic heterocycles. The van der Waals surface area contributed by atoms with Crippen molar-refractivity contribution in [1.82, 2.24) is 0 Å². The van der Waals surface area contributed by atoms with E-state index in [0.717, 1.165) is 24.2 Å². The van der Waals surface area contributed by atoms with Crippen LogP contribution in [0.5, 0.6) is 11.5 Å². The molecule has 1 heterocycles. The smallest absolute Gasteiger partial charge is 0.331 e. The first-order valence-electron chi connectivity index (χ1n) is 9.06. The van der Waals surface area contributed by atoms with Crippen molar-refractivity contribution >= 4 is 12.0 Å². The predicted molar refractivity (Wildman–Crippen MR) is 97.4 cm³/mol. The van der Waals surface area contributed by atoms with Crippen molar-refractivity contribution in [3.63, 3.8) is 0 Å². The van der Waals surface area contributed by atoms with Gasteiger partial charge in [0.25, 0.3) is 0 Å². The lowest BCUT2D eigenvalue weighted by Crippen LogP contribution is -2.40. The van der Waals surface area contributed by atoms with Crippen LogP contribution in [0.4, 0.5) is 0 Å².